The number of aromatic nitrogens is 2. The minimum Gasteiger partial charge on any atom is -0.313 e. The van der Waals surface area contributed by atoms with Crippen molar-refractivity contribution in [3.05, 3.63) is 46.1 Å². The molecule has 1 aromatic heterocycles. The Balaban J connectivity index is 2.24. The predicted molar refractivity (Wildman–Crippen MR) is 72.7 cm³/mol. The number of nitrogens with zero attached hydrogens (tertiary/aromatic N) is 2. The highest BCUT2D eigenvalue weighted by Gasteiger charge is 2.11. The Kier molecular flexibility index (Phi) is 4.25. The molecule has 0 spiro atoms. The quantitative estimate of drug-likeness (QED) is 0.475. The van der Waals surface area contributed by atoms with Crippen molar-refractivity contribution in [2.75, 3.05) is 6.54 Å². The Labute approximate surface area is 111 Å². The van der Waals surface area contributed by atoms with Gasteiger partial charge in [0.2, 0.25) is 0 Å². The summed E-state index contributed by atoms with van der Waals surface area (Å²) in [5.74, 6) is 0. The van der Waals surface area contributed by atoms with Crippen LogP contribution in [0.4, 0.5) is 5.69 Å². The summed E-state index contributed by atoms with van der Waals surface area (Å²) >= 11 is 0. The Morgan fingerprint density at radius 3 is 3.05 bits per heavy atom. The number of aromatic amines is 1. The zero-order chi connectivity index (χ0) is 13.7. The van der Waals surface area contributed by atoms with Crippen LogP contribution in [-0.2, 0) is 6.54 Å². The standard InChI is InChI=1S/C13H16N4O2/c1-2-6-14-8-11-9-15-16-13(11)10-4-3-5-12(7-10)17(18)19/h3-5,7,9,14H,2,6,8H2,1H3,(H,15,16). The fourth-order valence-corrected chi connectivity index (χ4v) is 1.87. The maximum Gasteiger partial charge on any atom is 0.270 e. The molecule has 0 radical (unpaired) electrons. The van der Waals surface area contributed by atoms with Crippen molar-refractivity contribution in [1.82, 2.24) is 15.5 Å². The van der Waals surface area contributed by atoms with Crippen LogP contribution in [0.15, 0.2) is 30.5 Å². The summed E-state index contributed by atoms with van der Waals surface area (Å²) in [6.07, 6.45) is 2.81. The normalized spacial score (nSPS) is 10.6. The summed E-state index contributed by atoms with van der Waals surface area (Å²) in [5, 5.41) is 21.0. The molecule has 0 saturated heterocycles. The van der Waals surface area contributed by atoms with Gasteiger partial charge in [-0.3, -0.25) is 15.2 Å². The summed E-state index contributed by atoms with van der Waals surface area (Å²) < 4.78 is 0. The Bertz CT molecular complexity index is 565. The predicted octanol–water partition coefficient (Wildman–Crippen LogP) is 2.48. The highest BCUT2D eigenvalue weighted by molar-refractivity contribution is 5.65. The van der Waals surface area contributed by atoms with E-state index in [9.17, 15) is 10.1 Å². The largest absolute Gasteiger partial charge is 0.313 e. The van der Waals surface area contributed by atoms with Crippen LogP contribution in [0.1, 0.15) is 18.9 Å². The van der Waals surface area contributed by atoms with E-state index in [0.717, 1.165) is 29.8 Å². The summed E-state index contributed by atoms with van der Waals surface area (Å²) in [6.45, 7) is 3.73. The smallest absolute Gasteiger partial charge is 0.270 e. The molecule has 0 bridgehead atoms. The second-order valence-electron chi connectivity index (χ2n) is 4.25. The number of nitro benzene ring substituents is 1. The van der Waals surface area contributed by atoms with Crippen LogP contribution >= 0.6 is 0 Å². The van der Waals surface area contributed by atoms with Crippen molar-refractivity contribution in [2.45, 2.75) is 19.9 Å². The van der Waals surface area contributed by atoms with Crippen molar-refractivity contribution in [1.29, 1.82) is 0 Å². The average molecular weight is 260 g/mol. The Hall–Kier alpha value is -2.21. The van der Waals surface area contributed by atoms with Crippen LogP contribution in [0.3, 0.4) is 0 Å². The monoisotopic (exact) mass is 260 g/mol. The van der Waals surface area contributed by atoms with Gasteiger partial charge in [-0.25, -0.2) is 0 Å². The Morgan fingerprint density at radius 2 is 2.32 bits per heavy atom. The molecule has 19 heavy (non-hydrogen) atoms. The molecule has 0 aliphatic rings. The molecule has 2 aromatic rings. The van der Waals surface area contributed by atoms with Gasteiger partial charge in [-0.05, 0) is 13.0 Å². The highest BCUT2D eigenvalue weighted by atomic mass is 16.6. The molecule has 0 atom stereocenters. The number of benzene rings is 1. The van der Waals surface area contributed by atoms with Gasteiger partial charge in [0.1, 0.15) is 0 Å². The van der Waals surface area contributed by atoms with Crippen molar-refractivity contribution >= 4 is 5.69 Å². The van der Waals surface area contributed by atoms with Gasteiger partial charge in [-0.2, -0.15) is 5.10 Å². The number of H-pyrrole nitrogens is 1. The lowest BCUT2D eigenvalue weighted by atomic mass is 10.1. The van der Waals surface area contributed by atoms with Crippen LogP contribution in [0.25, 0.3) is 11.3 Å². The number of hydrogen-bond donors (Lipinski definition) is 2. The van der Waals surface area contributed by atoms with Crippen LogP contribution in [0.2, 0.25) is 0 Å². The fraction of sp³-hybridized carbons (Fsp3) is 0.308. The Morgan fingerprint density at radius 1 is 1.47 bits per heavy atom. The summed E-state index contributed by atoms with van der Waals surface area (Å²) in [7, 11) is 0. The first-order valence-electron chi connectivity index (χ1n) is 6.20. The van der Waals surface area contributed by atoms with E-state index >= 15 is 0 Å². The molecular weight excluding hydrogens is 244 g/mol. The SMILES string of the molecule is CCCNCc1cn[nH]c1-c1cccc([N+](=O)[O-])c1. The van der Waals surface area contributed by atoms with Gasteiger partial charge in [-0.1, -0.05) is 19.1 Å². The topological polar surface area (TPSA) is 83.8 Å². The van der Waals surface area contributed by atoms with Gasteiger partial charge in [0.05, 0.1) is 16.8 Å². The molecule has 0 unspecified atom stereocenters. The second-order valence-corrected chi connectivity index (χ2v) is 4.25. The van der Waals surface area contributed by atoms with Crippen molar-refractivity contribution in [3.63, 3.8) is 0 Å². The van der Waals surface area contributed by atoms with Gasteiger partial charge >= 0.3 is 0 Å². The first-order valence-corrected chi connectivity index (χ1v) is 6.20. The first kappa shape index (κ1) is 13.2. The van der Waals surface area contributed by atoms with Crippen molar-refractivity contribution in [3.8, 4) is 11.3 Å². The second kappa shape index (κ2) is 6.10. The molecule has 100 valence electrons. The van der Waals surface area contributed by atoms with E-state index in [1.165, 1.54) is 6.07 Å². The molecule has 0 aliphatic carbocycles. The van der Waals surface area contributed by atoms with Crippen LogP contribution < -0.4 is 5.32 Å². The van der Waals surface area contributed by atoms with Gasteiger partial charge in [-0.15, -0.1) is 0 Å². The highest BCUT2D eigenvalue weighted by Crippen LogP contribution is 2.24. The molecule has 1 aromatic carbocycles. The van der Waals surface area contributed by atoms with Crippen LogP contribution in [-0.4, -0.2) is 21.7 Å². The minimum absolute atomic E-state index is 0.0829. The molecule has 0 amide bonds. The number of nitrogens with one attached hydrogen (secondary N) is 2. The summed E-state index contributed by atoms with van der Waals surface area (Å²) in [5.41, 5.74) is 2.70. The molecular formula is C13H16N4O2. The summed E-state index contributed by atoms with van der Waals surface area (Å²) in [4.78, 5) is 10.4. The van der Waals surface area contributed by atoms with E-state index in [1.54, 1.807) is 18.3 Å². The molecule has 2 rings (SSSR count). The molecule has 0 saturated carbocycles. The lowest BCUT2D eigenvalue weighted by Crippen LogP contribution is -2.13. The van der Waals surface area contributed by atoms with Crippen molar-refractivity contribution < 1.29 is 4.92 Å². The van der Waals surface area contributed by atoms with Gasteiger partial charge in [0.15, 0.2) is 0 Å². The lowest BCUT2D eigenvalue weighted by Gasteiger charge is -2.04. The van der Waals surface area contributed by atoms with Gasteiger partial charge < -0.3 is 5.32 Å². The zero-order valence-corrected chi connectivity index (χ0v) is 10.7. The average Bonchev–Trinajstić information content (AvgIpc) is 2.87. The van der Waals surface area contributed by atoms with Crippen LogP contribution in [0.5, 0.6) is 0 Å². The lowest BCUT2D eigenvalue weighted by molar-refractivity contribution is -0.384. The molecule has 0 fully saturated rings. The van der Waals surface area contributed by atoms with Crippen molar-refractivity contribution in [2.24, 2.45) is 0 Å². The summed E-state index contributed by atoms with van der Waals surface area (Å²) in [6, 6.07) is 6.55. The van der Waals surface area contributed by atoms with Crippen LogP contribution in [0, 0.1) is 10.1 Å². The third-order valence-corrected chi connectivity index (χ3v) is 2.81. The zero-order valence-electron chi connectivity index (χ0n) is 10.7. The number of non-ortho nitro benzene ring substituents is 1. The van der Waals surface area contributed by atoms with Gasteiger partial charge in [0, 0.05) is 29.8 Å². The van der Waals surface area contributed by atoms with E-state index in [0.29, 0.717) is 6.54 Å². The third-order valence-electron chi connectivity index (χ3n) is 2.81. The third kappa shape index (κ3) is 3.17. The molecule has 2 N–H and O–H groups in total. The maximum atomic E-state index is 10.8. The molecule has 6 nitrogen and oxygen atoms in total. The van der Waals surface area contributed by atoms with E-state index in [1.807, 2.05) is 6.07 Å². The van der Waals surface area contributed by atoms with Gasteiger partial charge in [0.25, 0.3) is 5.69 Å². The number of hydrogen-bond acceptors (Lipinski definition) is 4. The van der Waals surface area contributed by atoms with E-state index in [-0.39, 0.29) is 5.69 Å². The maximum absolute atomic E-state index is 10.8. The molecule has 6 heteroatoms. The fourth-order valence-electron chi connectivity index (χ4n) is 1.87. The number of nitro groups is 1. The molecule has 1 heterocycles. The van der Waals surface area contributed by atoms with E-state index in [4.69, 9.17) is 0 Å². The first-order chi connectivity index (χ1) is 9.22. The number of rotatable bonds is 6. The van der Waals surface area contributed by atoms with E-state index < -0.39 is 4.92 Å². The minimum atomic E-state index is -0.394. The van der Waals surface area contributed by atoms with E-state index in [2.05, 4.69) is 22.4 Å². The molecule has 0 aliphatic heterocycles.